The summed E-state index contributed by atoms with van der Waals surface area (Å²) in [7, 11) is 0. The van der Waals surface area contributed by atoms with Gasteiger partial charge in [0.25, 0.3) is 0 Å². The second kappa shape index (κ2) is 5.82. The molecule has 0 saturated heterocycles. The summed E-state index contributed by atoms with van der Waals surface area (Å²) in [6, 6.07) is 0. The molecular weight excluding hydrogens is 303 g/mol. The van der Waals surface area contributed by atoms with Gasteiger partial charge in [0.1, 0.15) is 0 Å². The molecule has 1 fully saturated rings. The van der Waals surface area contributed by atoms with Crippen molar-refractivity contribution in [3.63, 3.8) is 0 Å². The first-order valence-corrected chi connectivity index (χ1v) is 7.34. The average Bonchev–Trinajstić information content (AvgIpc) is 2.60. The molecule has 0 aromatic rings. The normalized spacial score (nSPS) is 20.8. The maximum absolute atomic E-state index is 6.00. The van der Waals surface area contributed by atoms with Crippen LogP contribution in [0.5, 0.6) is 0 Å². The molecule has 0 aromatic heterocycles. The van der Waals surface area contributed by atoms with Gasteiger partial charge in [-0.05, 0) is 33.6 Å². The predicted octanol–water partition coefficient (Wildman–Crippen LogP) is 3.57. The fourth-order valence-electron chi connectivity index (χ4n) is 1.94. The molecule has 0 heterocycles. The third kappa shape index (κ3) is 5.00. The molecule has 15 heavy (non-hydrogen) atoms. The molecule has 0 radical (unpaired) electrons. The lowest BCUT2D eigenvalue weighted by Crippen LogP contribution is -2.33. The van der Waals surface area contributed by atoms with Crippen molar-refractivity contribution in [2.75, 3.05) is 17.6 Å². The van der Waals surface area contributed by atoms with Gasteiger partial charge in [0, 0.05) is 4.43 Å². The van der Waals surface area contributed by atoms with E-state index in [1.165, 1.54) is 25.7 Å². The van der Waals surface area contributed by atoms with Crippen LogP contribution in [-0.2, 0) is 9.47 Å². The van der Waals surface area contributed by atoms with Crippen molar-refractivity contribution in [1.29, 1.82) is 0 Å². The smallest absolute Gasteiger partial charge is 0.0772 e. The highest BCUT2D eigenvalue weighted by Gasteiger charge is 2.33. The van der Waals surface area contributed by atoms with Gasteiger partial charge >= 0.3 is 0 Å². The third-order valence-corrected chi connectivity index (χ3v) is 4.18. The van der Waals surface area contributed by atoms with Gasteiger partial charge in [-0.3, -0.25) is 0 Å². The number of hydrogen-bond donors (Lipinski definition) is 0. The average molecular weight is 326 g/mol. The summed E-state index contributed by atoms with van der Waals surface area (Å²) in [5, 5.41) is 0. The third-order valence-electron chi connectivity index (χ3n) is 2.78. The van der Waals surface area contributed by atoms with Crippen LogP contribution < -0.4 is 0 Å². The minimum atomic E-state index is -0.0451. The molecule has 1 rings (SSSR count). The molecule has 3 heteroatoms. The number of ether oxygens (including phenoxy) is 2. The van der Waals surface area contributed by atoms with Crippen molar-refractivity contribution in [3.05, 3.63) is 0 Å². The second-order valence-corrected chi connectivity index (χ2v) is 6.10. The minimum absolute atomic E-state index is 0.0451. The van der Waals surface area contributed by atoms with Crippen LogP contribution >= 0.6 is 22.6 Å². The summed E-state index contributed by atoms with van der Waals surface area (Å²) in [6.45, 7) is 7.69. The molecule has 2 nitrogen and oxygen atoms in total. The van der Waals surface area contributed by atoms with Gasteiger partial charge in [-0.25, -0.2) is 0 Å². The van der Waals surface area contributed by atoms with Crippen molar-refractivity contribution in [2.24, 2.45) is 0 Å². The van der Waals surface area contributed by atoms with Gasteiger partial charge in [-0.2, -0.15) is 0 Å². The van der Waals surface area contributed by atoms with Gasteiger partial charge in [-0.15, -0.1) is 0 Å². The molecule has 0 aromatic carbocycles. The van der Waals surface area contributed by atoms with E-state index >= 15 is 0 Å². The van der Waals surface area contributed by atoms with Crippen LogP contribution in [0, 0.1) is 0 Å². The first-order chi connectivity index (χ1) is 6.97. The zero-order valence-electron chi connectivity index (χ0n) is 10.1. The van der Waals surface area contributed by atoms with E-state index in [4.69, 9.17) is 9.47 Å². The fraction of sp³-hybridized carbons (Fsp3) is 1.00. The van der Waals surface area contributed by atoms with Gasteiger partial charge in [0.15, 0.2) is 0 Å². The maximum atomic E-state index is 6.00. The zero-order chi connectivity index (χ0) is 11.4. The van der Waals surface area contributed by atoms with E-state index in [1.807, 2.05) is 0 Å². The number of alkyl halides is 1. The SMILES string of the molecule is CC(C)(C)OCCOC1(CI)CCCC1. The Morgan fingerprint density at radius 3 is 2.20 bits per heavy atom. The summed E-state index contributed by atoms with van der Waals surface area (Å²) in [5.41, 5.74) is 0.123. The maximum Gasteiger partial charge on any atom is 0.0772 e. The molecule has 0 unspecified atom stereocenters. The lowest BCUT2D eigenvalue weighted by molar-refractivity contribution is -0.0794. The molecule has 1 aliphatic rings. The van der Waals surface area contributed by atoms with Crippen LogP contribution in [0.4, 0.5) is 0 Å². The molecule has 1 aliphatic carbocycles. The second-order valence-electron chi connectivity index (χ2n) is 5.33. The number of hydrogen-bond acceptors (Lipinski definition) is 2. The Kier molecular flexibility index (Phi) is 5.32. The Morgan fingerprint density at radius 2 is 1.73 bits per heavy atom. The highest BCUT2D eigenvalue weighted by atomic mass is 127. The molecule has 0 amide bonds. The van der Waals surface area contributed by atoms with Crippen molar-refractivity contribution in [2.45, 2.75) is 57.7 Å². The van der Waals surface area contributed by atoms with Crippen LogP contribution in [0.2, 0.25) is 0 Å². The highest BCUT2D eigenvalue weighted by molar-refractivity contribution is 14.1. The van der Waals surface area contributed by atoms with E-state index in [0.717, 1.165) is 11.0 Å². The first-order valence-electron chi connectivity index (χ1n) is 5.81. The summed E-state index contributed by atoms with van der Waals surface area (Å²) in [4.78, 5) is 0. The Bertz CT molecular complexity index is 181. The van der Waals surface area contributed by atoms with E-state index in [9.17, 15) is 0 Å². The lowest BCUT2D eigenvalue weighted by atomic mass is 10.1. The quantitative estimate of drug-likeness (QED) is 0.437. The van der Waals surface area contributed by atoms with Crippen molar-refractivity contribution in [3.8, 4) is 0 Å². The van der Waals surface area contributed by atoms with E-state index in [0.29, 0.717) is 6.61 Å². The summed E-state index contributed by atoms with van der Waals surface area (Å²) in [6.07, 6.45) is 5.10. The molecule has 0 N–H and O–H groups in total. The van der Waals surface area contributed by atoms with Crippen LogP contribution in [0.15, 0.2) is 0 Å². The number of halogens is 1. The summed E-state index contributed by atoms with van der Waals surface area (Å²) < 4.78 is 12.8. The largest absolute Gasteiger partial charge is 0.373 e. The fourth-order valence-corrected chi connectivity index (χ4v) is 2.92. The van der Waals surface area contributed by atoms with Crippen LogP contribution in [0.1, 0.15) is 46.5 Å². The molecule has 0 bridgehead atoms. The van der Waals surface area contributed by atoms with Gasteiger partial charge in [-0.1, -0.05) is 35.4 Å². The van der Waals surface area contributed by atoms with E-state index < -0.39 is 0 Å². The van der Waals surface area contributed by atoms with Gasteiger partial charge in [0.05, 0.1) is 24.4 Å². The van der Waals surface area contributed by atoms with Crippen LogP contribution in [-0.4, -0.2) is 28.8 Å². The van der Waals surface area contributed by atoms with E-state index in [2.05, 4.69) is 43.4 Å². The van der Waals surface area contributed by atoms with Crippen molar-refractivity contribution < 1.29 is 9.47 Å². The van der Waals surface area contributed by atoms with Gasteiger partial charge in [0.2, 0.25) is 0 Å². The Labute approximate surface area is 107 Å². The molecule has 0 atom stereocenters. The van der Waals surface area contributed by atoms with Crippen LogP contribution in [0.25, 0.3) is 0 Å². The van der Waals surface area contributed by atoms with E-state index in [-0.39, 0.29) is 11.2 Å². The predicted molar refractivity (Wildman–Crippen MR) is 71.7 cm³/mol. The Hall–Kier alpha value is 0.650. The summed E-state index contributed by atoms with van der Waals surface area (Å²) >= 11 is 2.44. The lowest BCUT2D eigenvalue weighted by Gasteiger charge is -2.28. The zero-order valence-corrected chi connectivity index (χ0v) is 12.3. The molecule has 1 saturated carbocycles. The molecular formula is C12H23IO2. The number of rotatable bonds is 5. The Morgan fingerprint density at radius 1 is 1.13 bits per heavy atom. The first kappa shape index (κ1) is 13.7. The standard InChI is InChI=1S/C12H23IO2/c1-11(2,3)14-8-9-15-12(10-13)6-4-5-7-12/h4-10H2,1-3H3. The molecule has 0 spiro atoms. The Balaban J connectivity index is 2.18. The molecule has 0 aliphatic heterocycles. The van der Waals surface area contributed by atoms with Gasteiger partial charge < -0.3 is 9.47 Å². The highest BCUT2D eigenvalue weighted by Crippen LogP contribution is 2.34. The topological polar surface area (TPSA) is 18.5 Å². The molecule has 90 valence electrons. The summed E-state index contributed by atoms with van der Waals surface area (Å²) in [5.74, 6) is 0. The van der Waals surface area contributed by atoms with E-state index in [1.54, 1.807) is 0 Å². The monoisotopic (exact) mass is 326 g/mol. The minimum Gasteiger partial charge on any atom is -0.373 e. The van der Waals surface area contributed by atoms with Crippen molar-refractivity contribution in [1.82, 2.24) is 0 Å². The van der Waals surface area contributed by atoms with Crippen LogP contribution in [0.3, 0.4) is 0 Å². The van der Waals surface area contributed by atoms with Crippen molar-refractivity contribution >= 4 is 22.6 Å².